The summed E-state index contributed by atoms with van der Waals surface area (Å²) in [5, 5.41) is 8.72. The number of halogens is 2. The van der Waals surface area contributed by atoms with Crippen molar-refractivity contribution in [2.75, 3.05) is 33.4 Å². The summed E-state index contributed by atoms with van der Waals surface area (Å²) in [6, 6.07) is 11.8. The average Bonchev–Trinajstić information content (AvgIpc) is 3.31. The van der Waals surface area contributed by atoms with E-state index < -0.39 is 34.2 Å². The van der Waals surface area contributed by atoms with Crippen LogP contribution in [-0.2, 0) is 19.1 Å². The SMILES string of the molecule is CN(CCOCCC=O)C(=O)N1N=C(c2cc(F)ccc2F)S[C@@]1(CCCNC(=O)OC(C)(C)C)c1ccccc1. The lowest BCUT2D eigenvalue weighted by molar-refractivity contribution is -0.108. The Morgan fingerprint density at radius 3 is 2.56 bits per heavy atom. The number of hydrogen-bond acceptors (Lipinski definition) is 7. The van der Waals surface area contributed by atoms with Crippen LogP contribution in [-0.4, -0.2) is 72.3 Å². The third kappa shape index (κ3) is 8.74. The van der Waals surface area contributed by atoms with E-state index in [1.807, 2.05) is 30.3 Å². The van der Waals surface area contributed by atoms with E-state index in [1.165, 1.54) is 9.91 Å². The second-order valence-electron chi connectivity index (χ2n) is 10.4. The number of ether oxygens (including phenoxy) is 2. The maximum Gasteiger partial charge on any atom is 0.407 e. The largest absolute Gasteiger partial charge is 0.444 e. The third-order valence-electron chi connectivity index (χ3n) is 6.00. The monoisotopic (exact) mass is 590 g/mol. The van der Waals surface area contributed by atoms with Gasteiger partial charge in [-0.05, 0) is 57.4 Å². The van der Waals surface area contributed by atoms with Gasteiger partial charge in [0.15, 0.2) is 0 Å². The number of amides is 3. The number of likely N-dealkylation sites (N-methyl/N-ethyl adjacent to an activating group) is 1. The highest BCUT2D eigenvalue weighted by Crippen LogP contribution is 2.51. The molecule has 0 unspecified atom stereocenters. The number of nitrogens with zero attached hydrogens (tertiary/aromatic N) is 3. The van der Waals surface area contributed by atoms with E-state index in [2.05, 4.69) is 10.4 Å². The minimum absolute atomic E-state index is 0.0580. The summed E-state index contributed by atoms with van der Waals surface area (Å²) >= 11 is 1.15. The van der Waals surface area contributed by atoms with Gasteiger partial charge in [-0.3, -0.25) is 0 Å². The molecule has 0 saturated heterocycles. The van der Waals surface area contributed by atoms with Crippen molar-refractivity contribution in [2.24, 2.45) is 5.10 Å². The Kier molecular flexibility index (Phi) is 11.2. The Labute approximate surface area is 243 Å². The molecule has 0 saturated carbocycles. The predicted octanol–water partition coefficient (Wildman–Crippen LogP) is 5.49. The fraction of sp³-hybridized carbons (Fsp3) is 0.448. The Morgan fingerprint density at radius 2 is 1.88 bits per heavy atom. The standard InChI is InChI=1S/C29H36F2N4O5S/c1-28(2,3)40-26(37)32-15-8-14-29(21-10-6-5-7-11-21)35(27(38)34(4)16-19-39-18-9-17-36)33-25(41-29)23-20-22(30)12-13-24(23)31/h5-7,10-13,17,20H,8-9,14-16,18-19H2,1-4H3,(H,32,37)/t29-/m0/s1. The van der Waals surface area contributed by atoms with Crippen LogP contribution in [0.15, 0.2) is 53.6 Å². The molecule has 3 rings (SSSR count). The highest BCUT2D eigenvalue weighted by molar-refractivity contribution is 8.15. The minimum Gasteiger partial charge on any atom is -0.444 e. The molecule has 0 fully saturated rings. The van der Waals surface area contributed by atoms with Gasteiger partial charge >= 0.3 is 12.1 Å². The molecule has 2 aromatic carbocycles. The first-order valence-electron chi connectivity index (χ1n) is 13.3. The molecule has 9 nitrogen and oxygen atoms in total. The number of alkyl carbamates (subject to hydrolysis) is 1. The maximum absolute atomic E-state index is 14.9. The molecular formula is C29H36F2N4O5S. The van der Waals surface area contributed by atoms with Crippen molar-refractivity contribution in [3.63, 3.8) is 0 Å². The number of nitrogens with one attached hydrogen (secondary N) is 1. The molecule has 1 aliphatic heterocycles. The molecule has 0 bridgehead atoms. The van der Waals surface area contributed by atoms with Crippen LogP contribution in [0, 0.1) is 11.6 Å². The summed E-state index contributed by atoms with van der Waals surface area (Å²) in [6.07, 6.45) is 1.17. The predicted molar refractivity (Wildman–Crippen MR) is 153 cm³/mol. The van der Waals surface area contributed by atoms with Gasteiger partial charge in [-0.25, -0.2) is 18.4 Å². The summed E-state index contributed by atoms with van der Waals surface area (Å²) in [5.74, 6) is -1.30. The van der Waals surface area contributed by atoms with Gasteiger partial charge in [-0.2, -0.15) is 10.1 Å². The molecule has 1 N–H and O–H groups in total. The van der Waals surface area contributed by atoms with E-state index in [4.69, 9.17) is 9.47 Å². The lowest BCUT2D eigenvalue weighted by Crippen LogP contribution is -2.48. The number of aldehydes is 1. The molecule has 1 atom stereocenters. The minimum atomic E-state index is -1.13. The Bertz CT molecular complexity index is 1240. The Morgan fingerprint density at radius 1 is 1.15 bits per heavy atom. The summed E-state index contributed by atoms with van der Waals surface area (Å²) in [6.45, 7) is 6.20. The van der Waals surface area contributed by atoms with Crippen LogP contribution in [0.1, 0.15) is 51.2 Å². The molecule has 0 spiro atoms. The van der Waals surface area contributed by atoms with Crippen LogP contribution in [0.3, 0.4) is 0 Å². The fourth-order valence-electron chi connectivity index (χ4n) is 4.07. The quantitative estimate of drug-likeness (QED) is 0.259. The first-order chi connectivity index (χ1) is 19.5. The highest BCUT2D eigenvalue weighted by Gasteiger charge is 2.49. The maximum atomic E-state index is 14.9. The number of hydrogen-bond donors (Lipinski definition) is 1. The lowest BCUT2D eigenvalue weighted by Gasteiger charge is -2.37. The van der Waals surface area contributed by atoms with E-state index >= 15 is 0 Å². The van der Waals surface area contributed by atoms with Gasteiger partial charge in [0.1, 0.15) is 33.4 Å². The Hall–Kier alpha value is -3.51. The molecule has 1 aliphatic rings. The van der Waals surface area contributed by atoms with Gasteiger partial charge in [-0.15, -0.1) is 0 Å². The number of carbonyl (C=O) groups excluding carboxylic acids is 3. The van der Waals surface area contributed by atoms with Crippen LogP contribution in [0.4, 0.5) is 18.4 Å². The normalized spacial score (nSPS) is 16.7. The number of thioether (sulfide) groups is 1. The molecule has 0 radical (unpaired) electrons. The van der Waals surface area contributed by atoms with Gasteiger partial charge in [0, 0.05) is 32.1 Å². The topological polar surface area (TPSA) is 101 Å². The molecule has 2 aromatic rings. The van der Waals surface area contributed by atoms with Crippen molar-refractivity contribution in [3.05, 3.63) is 71.3 Å². The van der Waals surface area contributed by atoms with E-state index in [9.17, 15) is 23.2 Å². The fourth-order valence-corrected chi connectivity index (χ4v) is 5.48. The van der Waals surface area contributed by atoms with Crippen molar-refractivity contribution in [2.45, 2.75) is 50.5 Å². The van der Waals surface area contributed by atoms with E-state index in [1.54, 1.807) is 27.8 Å². The summed E-state index contributed by atoms with van der Waals surface area (Å²) < 4.78 is 39.8. The van der Waals surface area contributed by atoms with Gasteiger partial charge < -0.3 is 24.5 Å². The summed E-state index contributed by atoms with van der Waals surface area (Å²) in [7, 11) is 1.59. The zero-order valence-electron chi connectivity index (χ0n) is 23.7. The summed E-state index contributed by atoms with van der Waals surface area (Å²) in [4.78, 5) is 36.9. The van der Waals surface area contributed by atoms with E-state index in [0.29, 0.717) is 12.8 Å². The van der Waals surface area contributed by atoms with Crippen molar-refractivity contribution >= 4 is 35.2 Å². The van der Waals surface area contributed by atoms with Crippen molar-refractivity contribution < 1.29 is 32.6 Å². The zero-order valence-corrected chi connectivity index (χ0v) is 24.5. The number of carbonyl (C=O) groups is 3. The molecule has 0 aromatic heterocycles. The van der Waals surface area contributed by atoms with Gasteiger partial charge in [-0.1, -0.05) is 42.1 Å². The summed E-state index contributed by atoms with van der Waals surface area (Å²) in [5.41, 5.74) is 0.0123. The molecular weight excluding hydrogens is 554 g/mol. The zero-order chi connectivity index (χ0) is 30.0. The number of benzene rings is 2. The van der Waals surface area contributed by atoms with Crippen LogP contribution in [0.5, 0.6) is 0 Å². The van der Waals surface area contributed by atoms with Crippen molar-refractivity contribution in [3.8, 4) is 0 Å². The number of urea groups is 1. The van der Waals surface area contributed by atoms with E-state index in [-0.39, 0.29) is 43.3 Å². The first-order valence-corrected chi connectivity index (χ1v) is 14.1. The van der Waals surface area contributed by atoms with Crippen LogP contribution in [0.2, 0.25) is 0 Å². The van der Waals surface area contributed by atoms with Crippen LogP contribution < -0.4 is 5.32 Å². The smallest absolute Gasteiger partial charge is 0.407 e. The molecule has 0 aliphatic carbocycles. The number of hydrazone groups is 1. The van der Waals surface area contributed by atoms with Crippen molar-refractivity contribution in [1.82, 2.24) is 15.2 Å². The second kappa shape index (κ2) is 14.4. The molecule has 12 heteroatoms. The van der Waals surface area contributed by atoms with Gasteiger partial charge in [0.25, 0.3) is 0 Å². The first kappa shape index (κ1) is 32.0. The average molecular weight is 591 g/mol. The lowest BCUT2D eigenvalue weighted by atomic mass is 10.0. The van der Waals surface area contributed by atoms with Gasteiger partial charge in [0.2, 0.25) is 0 Å². The second-order valence-corrected chi connectivity index (χ2v) is 11.7. The molecule has 41 heavy (non-hydrogen) atoms. The van der Waals surface area contributed by atoms with Crippen LogP contribution in [0.25, 0.3) is 0 Å². The molecule has 222 valence electrons. The number of rotatable bonds is 12. The van der Waals surface area contributed by atoms with E-state index in [0.717, 1.165) is 41.8 Å². The van der Waals surface area contributed by atoms with Crippen molar-refractivity contribution in [1.29, 1.82) is 0 Å². The highest BCUT2D eigenvalue weighted by atomic mass is 32.2. The third-order valence-corrected chi connectivity index (χ3v) is 7.45. The van der Waals surface area contributed by atoms with Crippen LogP contribution >= 0.6 is 11.8 Å². The van der Waals surface area contributed by atoms with Gasteiger partial charge in [0.05, 0.1) is 13.2 Å². The molecule has 3 amide bonds. The Balaban J connectivity index is 1.92. The molecule has 1 heterocycles.